The molecule has 0 saturated heterocycles. The zero-order valence-corrected chi connectivity index (χ0v) is 16.6. The zero-order valence-electron chi connectivity index (χ0n) is 15.1. The first-order valence-corrected chi connectivity index (χ1v) is 9.63. The normalized spacial score (nSPS) is 11.1. The van der Waals surface area contributed by atoms with Gasteiger partial charge in [-0.05, 0) is 41.5 Å². The van der Waals surface area contributed by atoms with Crippen LogP contribution < -0.4 is 4.74 Å². The summed E-state index contributed by atoms with van der Waals surface area (Å²) in [5.74, 6) is -0.191. The molecule has 0 fully saturated rings. The smallest absolute Gasteiger partial charge is 0.339 e. The number of thiophene rings is 1. The first kappa shape index (κ1) is 19.9. The van der Waals surface area contributed by atoms with Crippen LogP contribution >= 0.6 is 22.9 Å². The fourth-order valence-corrected chi connectivity index (χ4v) is 3.49. The lowest BCUT2D eigenvalue weighted by Crippen LogP contribution is -2.14. The predicted octanol–water partition coefficient (Wildman–Crippen LogP) is 5.38. The first-order chi connectivity index (χ1) is 13.6. The van der Waals surface area contributed by atoms with Crippen molar-refractivity contribution < 1.29 is 19.1 Å². The van der Waals surface area contributed by atoms with E-state index in [1.165, 1.54) is 0 Å². The number of ketones is 1. The van der Waals surface area contributed by atoms with Gasteiger partial charge in [0.15, 0.2) is 6.61 Å². The maximum absolute atomic E-state index is 12.7. The lowest BCUT2D eigenvalue weighted by Gasteiger charge is -2.09. The third kappa shape index (κ3) is 5.09. The van der Waals surface area contributed by atoms with Gasteiger partial charge in [-0.1, -0.05) is 54.1 Å². The fraction of sp³-hybridized carbons (Fsp3) is 0.0909. The maximum atomic E-state index is 12.7. The van der Waals surface area contributed by atoms with Gasteiger partial charge >= 0.3 is 5.97 Å². The molecule has 3 rings (SSSR count). The van der Waals surface area contributed by atoms with Gasteiger partial charge in [0.25, 0.3) is 0 Å². The molecule has 0 unspecified atom stereocenters. The second-order valence-corrected chi connectivity index (χ2v) is 7.52. The second kappa shape index (κ2) is 9.35. The van der Waals surface area contributed by atoms with Crippen molar-refractivity contribution in [1.29, 1.82) is 0 Å². The van der Waals surface area contributed by atoms with E-state index in [0.717, 1.165) is 16.9 Å². The van der Waals surface area contributed by atoms with E-state index in [2.05, 4.69) is 0 Å². The minimum Gasteiger partial charge on any atom is -0.497 e. The van der Waals surface area contributed by atoms with Crippen molar-refractivity contribution in [1.82, 2.24) is 0 Å². The highest BCUT2D eigenvalue weighted by atomic mass is 35.5. The number of carbonyl (C=O) groups excluding carboxylic acids is 2. The highest BCUT2D eigenvalue weighted by molar-refractivity contribution is 7.18. The van der Waals surface area contributed by atoms with Gasteiger partial charge in [-0.3, -0.25) is 4.79 Å². The Hall–Kier alpha value is -2.89. The standard InChI is InChI=1S/C22H17ClO4S/c1-26-17-9-5-6-15(12-17)13-18(16-7-3-2-4-8-16)22(25)27-14-19(24)20-10-11-21(23)28-20/h2-13H,14H2,1H3/b18-13+. The molecule has 0 bridgehead atoms. The van der Waals surface area contributed by atoms with E-state index in [1.54, 1.807) is 25.3 Å². The first-order valence-electron chi connectivity index (χ1n) is 8.43. The van der Waals surface area contributed by atoms with Gasteiger partial charge in [-0.2, -0.15) is 0 Å². The SMILES string of the molecule is COc1cccc(/C=C(/C(=O)OCC(=O)c2ccc(Cl)s2)c2ccccc2)c1. The summed E-state index contributed by atoms with van der Waals surface area (Å²) in [5.41, 5.74) is 1.83. The average molecular weight is 413 g/mol. The lowest BCUT2D eigenvalue weighted by atomic mass is 10.0. The number of hydrogen-bond donors (Lipinski definition) is 0. The van der Waals surface area contributed by atoms with E-state index in [1.807, 2.05) is 54.6 Å². The Bertz CT molecular complexity index is 1010. The Labute approximate surface area is 172 Å². The van der Waals surface area contributed by atoms with Crippen LogP contribution in [0, 0.1) is 0 Å². The van der Waals surface area contributed by atoms with Crippen molar-refractivity contribution in [2.75, 3.05) is 13.7 Å². The molecule has 28 heavy (non-hydrogen) atoms. The van der Waals surface area contributed by atoms with Gasteiger partial charge in [0.1, 0.15) is 5.75 Å². The summed E-state index contributed by atoms with van der Waals surface area (Å²) in [5, 5.41) is 0. The molecular formula is C22H17ClO4S. The molecule has 0 aliphatic carbocycles. The molecule has 0 aliphatic rings. The Morgan fingerprint density at radius 1 is 1.04 bits per heavy atom. The minimum atomic E-state index is -0.579. The van der Waals surface area contributed by atoms with E-state index in [0.29, 0.717) is 26.1 Å². The lowest BCUT2D eigenvalue weighted by molar-refractivity contribution is -0.135. The molecule has 0 amide bonds. The molecule has 0 atom stereocenters. The van der Waals surface area contributed by atoms with E-state index in [4.69, 9.17) is 21.1 Å². The fourth-order valence-electron chi connectivity index (χ4n) is 2.52. The number of rotatable bonds is 7. The zero-order chi connectivity index (χ0) is 19.9. The van der Waals surface area contributed by atoms with E-state index >= 15 is 0 Å². The largest absolute Gasteiger partial charge is 0.497 e. The van der Waals surface area contributed by atoms with Gasteiger partial charge in [0.05, 0.1) is 21.9 Å². The highest BCUT2D eigenvalue weighted by Crippen LogP contribution is 2.24. The monoisotopic (exact) mass is 412 g/mol. The number of methoxy groups -OCH3 is 1. The summed E-state index contributed by atoms with van der Waals surface area (Å²) >= 11 is 7.01. The number of ether oxygens (including phenoxy) is 2. The van der Waals surface area contributed by atoms with Gasteiger partial charge in [-0.15, -0.1) is 11.3 Å². The third-order valence-corrected chi connectivity index (χ3v) is 5.16. The van der Waals surface area contributed by atoms with Crippen molar-refractivity contribution in [3.05, 3.63) is 87.1 Å². The van der Waals surface area contributed by atoms with Gasteiger partial charge < -0.3 is 9.47 Å². The van der Waals surface area contributed by atoms with Crippen molar-refractivity contribution in [3.63, 3.8) is 0 Å². The summed E-state index contributed by atoms with van der Waals surface area (Å²) in [6.45, 7) is -0.349. The molecule has 1 heterocycles. The molecule has 0 aliphatic heterocycles. The number of esters is 1. The quantitative estimate of drug-likeness (QED) is 0.226. The van der Waals surface area contributed by atoms with Crippen LogP contribution in [0.2, 0.25) is 4.34 Å². The van der Waals surface area contributed by atoms with E-state index in [-0.39, 0.29) is 12.4 Å². The number of benzene rings is 2. The van der Waals surface area contributed by atoms with Crippen molar-refractivity contribution in [2.24, 2.45) is 0 Å². The van der Waals surface area contributed by atoms with Crippen LogP contribution in [-0.4, -0.2) is 25.5 Å². The third-order valence-electron chi connectivity index (χ3n) is 3.89. The van der Waals surface area contributed by atoms with Crippen molar-refractivity contribution >= 4 is 46.3 Å². The predicted molar refractivity (Wildman–Crippen MR) is 112 cm³/mol. The summed E-state index contributed by atoms with van der Waals surface area (Å²) in [7, 11) is 1.58. The Kier molecular flexibility index (Phi) is 6.63. The van der Waals surface area contributed by atoms with Crippen LogP contribution in [0.4, 0.5) is 0 Å². The van der Waals surface area contributed by atoms with Crippen LogP contribution in [0.5, 0.6) is 5.75 Å². The molecule has 4 nitrogen and oxygen atoms in total. The average Bonchev–Trinajstić information content (AvgIpc) is 3.17. The number of carbonyl (C=O) groups is 2. The summed E-state index contributed by atoms with van der Waals surface area (Å²) in [6, 6.07) is 19.7. The van der Waals surface area contributed by atoms with Crippen LogP contribution in [-0.2, 0) is 9.53 Å². The molecule has 0 radical (unpaired) electrons. The molecule has 1 aromatic heterocycles. The molecule has 0 saturated carbocycles. The molecular weight excluding hydrogens is 396 g/mol. The Morgan fingerprint density at radius 2 is 1.82 bits per heavy atom. The van der Waals surface area contributed by atoms with Crippen molar-refractivity contribution in [3.8, 4) is 5.75 Å². The summed E-state index contributed by atoms with van der Waals surface area (Å²) in [6.07, 6.45) is 1.71. The van der Waals surface area contributed by atoms with Gasteiger partial charge in [-0.25, -0.2) is 4.79 Å². The summed E-state index contributed by atoms with van der Waals surface area (Å²) in [4.78, 5) is 25.4. The van der Waals surface area contributed by atoms with E-state index in [9.17, 15) is 9.59 Å². The number of hydrogen-bond acceptors (Lipinski definition) is 5. The molecule has 6 heteroatoms. The molecule has 0 spiro atoms. The highest BCUT2D eigenvalue weighted by Gasteiger charge is 2.17. The van der Waals surface area contributed by atoms with Gasteiger partial charge in [0.2, 0.25) is 5.78 Å². The maximum Gasteiger partial charge on any atom is 0.339 e. The molecule has 3 aromatic rings. The topological polar surface area (TPSA) is 52.6 Å². The summed E-state index contributed by atoms with van der Waals surface area (Å²) < 4.78 is 11.0. The number of halogens is 1. The van der Waals surface area contributed by atoms with Crippen LogP contribution in [0.15, 0.2) is 66.7 Å². The number of Topliss-reactive ketones (excluding diaryl/α,β-unsaturated/α-hetero) is 1. The van der Waals surface area contributed by atoms with Crippen LogP contribution in [0.1, 0.15) is 20.8 Å². The Balaban J connectivity index is 1.83. The second-order valence-electron chi connectivity index (χ2n) is 5.80. The van der Waals surface area contributed by atoms with Gasteiger partial charge in [0, 0.05) is 0 Å². The molecule has 0 N–H and O–H groups in total. The molecule has 2 aromatic carbocycles. The van der Waals surface area contributed by atoms with Crippen LogP contribution in [0.25, 0.3) is 11.6 Å². The van der Waals surface area contributed by atoms with Crippen LogP contribution in [0.3, 0.4) is 0 Å². The van der Waals surface area contributed by atoms with Crippen molar-refractivity contribution in [2.45, 2.75) is 0 Å². The Morgan fingerprint density at radius 3 is 2.50 bits per heavy atom. The molecule has 142 valence electrons. The minimum absolute atomic E-state index is 0.293. The van der Waals surface area contributed by atoms with E-state index < -0.39 is 5.97 Å².